The number of nitrogen functional groups attached to an aromatic ring is 1. The van der Waals surface area contributed by atoms with E-state index < -0.39 is 0 Å². The van der Waals surface area contributed by atoms with Gasteiger partial charge >= 0.3 is 0 Å². The van der Waals surface area contributed by atoms with Crippen molar-refractivity contribution in [2.24, 2.45) is 5.41 Å². The summed E-state index contributed by atoms with van der Waals surface area (Å²) in [5, 5.41) is 0. The van der Waals surface area contributed by atoms with E-state index in [1.807, 2.05) is 6.20 Å². The van der Waals surface area contributed by atoms with Crippen LogP contribution in [0.5, 0.6) is 0 Å². The average Bonchev–Trinajstić information content (AvgIpc) is 2.52. The maximum absolute atomic E-state index is 5.79. The van der Waals surface area contributed by atoms with Crippen molar-refractivity contribution in [3.05, 3.63) is 12.4 Å². The third kappa shape index (κ3) is 1.76. The molecule has 1 aliphatic rings. The van der Waals surface area contributed by atoms with Gasteiger partial charge in [-0.15, -0.1) is 0 Å². The third-order valence-corrected chi connectivity index (χ3v) is 3.40. The van der Waals surface area contributed by atoms with Crippen LogP contribution in [0.4, 0.5) is 5.95 Å². The maximum atomic E-state index is 5.79. The summed E-state index contributed by atoms with van der Waals surface area (Å²) < 4.78 is 2.12. The average molecular weight is 193 g/mol. The largest absolute Gasteiger partial charge is 0.369 e. The monoisotopic (exact) mass is 193 g/mol. The molecule has 0 atom stereocenters. The predicted molar refractivity (Wildman–Crippen MR) is 57.9 cm³/mol. The van der Waals surface area contributed by atoms with Crippen molar-refractivity contribution in [2.75, 3.05) is 5.73 Å². The van der Waals surface area contributed by atoms with Crippen molar-refractivity contribution >= 4 is 5.95 Å². The normalized spacial score (nSPS) is 22.4. The Kier molecular flexibility index (Phi) is 2.25. The molecule has 3 nitrogen and oxygen atoms in total. The zero-order valence-electron chi connectivity index (χ0n) is 9.03. The van der Waals surface area contributed by atoms with Crippen molar-refractivity contribution in [1.82, 2.24) is 9.55 Å². The summed E-state index contributed by atoms with van der Waals surface area (Å²) in [6, 6.07) is 0.575. The lowest BCUT2D eigenvalue weighted by Crippen LogP contribution is -2.23. The van der Waals surface area contributed by atoms with Crippen LogP contribution in [0.3, 0.4) is 0 Å². The second-order valence-electron chi connectivity index (χ2n) is 5.09. The maximum Gasteiger partial charge on any atom is 0.200 e. The van der Waals surface area contributed by atoms with E-state index in [4.69, 9.17) is 5.73 Å². The fraction of sp³-hybridized carbons (Fsp3) is 0.727. The van der Waals surface area contributed by atoms with Crippen LogP contribution in [-0.2, 0) is 0 Å². The molecular formula is C11H19N3. The molecule has 0 bridgehead atoms. The van der Waals surface area contributed by atoms with Crippen molar-refractivity contribution < 1.29 is 0 Å². The Morgan fingerprint density at radius 1 is 1.43 bits per heavy atom. The zero-order valence-corrected chi connectivity index (χ0v) is 9.03. The Morgan fingerprint density at radius 2 is 2.07 bits per heavy atom. The van der Waals surface area contributed by atoms with E-state index >= 15 is 0 Å². The van der Waals surface area contributed by atoms with Gasteiger partial charge in [0.25, 0.3) is 0 Å². The highest BCUT2D eigenvalue weighted by atomic mass is 15.2. The van der Waals surface area contributed by atoms with E-state index in [9.17, 15) is 0 Å². The zero-order chi connectivity index (χ0) is 10.2. The molecule has 14 heavy (non-hydrogen) atoms. The molecule has 2 N–H and O–H groups in total. The first kappa shape index (κ1) is 9.56. The number of imidazole rings is 1. The summed E-state index contributed by atoms with van der Waals surface area (Å²) >= 11 is 0. The lowest BCUT2D eigenvalue weighted by atomic mass is 9.75. The van der Waals surface area contributed by atoms with E-state index in [1.54, 1.807) is 6.20 Å². The molecule has 1 saturated carbocycles. The molecule has 0 aromatic carbocycles. The van der Waals surface area contributed by atoms with E-state index in [0.717, 1.165) is 0 Å². The second kappa shape index (κ2) is 3.30. The number of nitrogens with zero attached hydrogens (tertiary/aromatic N) is 2. The first-order valence-corrected chi connectivity index (χ1v) is 5.37. The summed E-state index contributed by atoms with van der Waals surface area (Å²) in [6.07, 6.45) is 8.82. The Morgan fingerprint density at radius 3 is 2.57 bits per heavy atom. The molecule has 1 aliphatic carbocycles. The van der Waals surface area contributed by atoms with Crippen LogP contribution in [-0.4, -0.2) is 9.55 Å². The van der Waals surface area contributed by atoms with Gasteiger partial charge in [-0.05, 0) is 31.1 Å². The third-order valence-electron chi connectivity index (χ3n) is 3.40. The van der Waals surface area contributed by atoms with Gasteiger partial charge in [0, 0.05) is 18.4 Å². The van der Waals surface area contributed by atoms with Gasteiger partial charge in [0.1, 0.15) is 0 Å². The number of rotatable bonds is 1. The van der Waals surface area contributed by atoms with E-state index in [2.05, 4.69) is 23.4 Å². The van der Waals surface area contributed by atoms with Gasteiger partial charge in [-0.2, -0.15) is 0 Å². The van der Waals surface area contributed by atoms with Crippen LogP contribution in [0.2, 0.25) is 0 Å². The van der Waals surface area contributed by atoms with E-state index in [-0.39, 0.29) is 0 Å². The van der Waals surface area contributed by atoms with Gasteiger partial charge in [0.2, 0.25) is 0 Å². The van der Waals surface area contributed by atoms with Gasteiger partial charge in [-0.1, -0.05) is 13.8 Å². The number of hydrogen-bond acceptors (Lipinski definition) is 2. The van der Waals surface area contributed by atoms with E-state index in [1.165, 1.54) is 25.7 Å². The first-order chi connectivity index (χ1) is 6.58. The SMILES string of the molecule is CC1(C)CCC(n2ccnc2N)CC1. The molecule has 0 amide bonds. The van der Waals surface area contributed by atoms with Gasteiger partial charge in [0.15, 0.2) is 5.95 Å². The van der Waals surface area contributed by atoms with Crippen LogP contribution in [0.15, 0.2) is 12.4 Å². The minimum Gasteiger partial charge on any atom is -0.369 e. The standard InChI is InChI=1S/C11H19N3/c1-11(2)5-3-9(4-6-11)14-8-7-13-10(14)12/h7-9H,3-6H2,1-2H3,(H2,12,13). The lowest BCUT2D eigenvalue weighted by molar-refractivity contribution is 0.195. The minimum absolute atomic E-state index is 0.520. The van der Waals surface area contributed by atoms with Crippen LogP contribution in [0.1, 0.15) is 45.6 Å². The highest BCUT2D eigenvalue weighted by Gasteiger charge is 2.27. The molecule has 0 unspecified atom stereocenters. The Bertz CT molecular complexity index is 304. The highest BCUT2D eigenvalue weighted by molar-refractivity contribution is 5.18. The smallest absolute Gasteiger partial charge is 0.200 e. The second-order valence-corrected chi connectivity index (χ2v) is 5.09. The van der Waals surface area contributed by atoms with E-state index in [0.29, 0.717) is 17.4 Å². The van der Waals surface area contributed by atoms with Crippen LogP contribution < -0.4 is 5.73 Å². The van der Waals surface area contributed by atoms with Gasteiger partial charge in [-0.25, -0.2) is 4.98 Å². The van der Waals surface area contributed by atoms with Crippen molar-refractivity contribution in [2.45, 2.75) is 45.6 Å². The first-order valence-electron chi connectivity index (χ1n) is 5.37. The minimum atomic E-state index is 0.520. The summed E-state index contributed by atoms with van der Waals surface area (Å²) in [7, 11) is 0. The molecule has 1 fully saturated rings. The van der Waals surface area contributed by atoms with Crippen molar-refractivity contribution in [3.63, 3.8) is 0 Å². The Labute approximate surface area is 85.3 Å². The summed E-state index contributed by atoms with van der Waals surface area (Å²) in [4.78, 5) is 4.07. The molecule has 1 heterocycles. The van der Waals surface area contributed by atoms with Crippen LogP contribution >= 0.6 is 0 Å². The quantitative estimate of drug-likeness (QED) is 0.745. The fourth-order valence-corrected chi connectivity index (χ4v) is 2.30. The molecule has 0 radical (unpaired) electrons. The number of hydrogen-bond donors (Lipinski definition) is 1. The fourth-order valence-electron chi connectivity index (χ4n) is 2.30. The molecule has 3 heteroatoms. The molecule has 2 rings (SSSR count). The van der Waals surface area contributed by atoms with Gasteiger partial charge in [0.05, 0.1) is 0 Å². The molecule has 0 saturated heterocycles. The van der Waals surface area contributed by atoms with Crippen molar-refractivity contribution in [3.8, 4) is 0 Å². The number of aromatic nitrogens is 2. The molecule has 1 aromatic rings. The Hall–Kier alpha value is -0.990. The molecular weight excluding hydrogens is 174 g/mol. The molecule has 78 valence electrons. The topological polar surface area (TPSA) is 43.8 Å². The molecule has 0 aliphatic heterocycles. The molecule has 1 aromatic heterocycles. The lowest BCUT2D eigenvalue weighted by Gasteiger charge is -2.35. The van der Waals surface area contributed by atoms with Gasteiger partial charge < -0.3 is 10.3 Å². The Balaban J connectivity index is 2.06. The van der Waals surface area contributed by atoms with Gasteiger partial charge in [-0.3, -0.25) is 0 Å². The predicted octanol–water partition coefficient (Wildman–Crippen LogP) is 2.61. The number of nitrogens with two attached hydrogens (primary N) is 1. The highest BCUT2D eigenvalue weighted by Crippen LogP contribution is 2.40. The summed E-state index contributed by atoms with van der Waals surface area (Å²) in [5.74, 6) is 0.662. The van der Waals surface area contributed by atoms with Crippen LogP contribution in [0, 0.1) is 5.41 Å². The van der Waals surface area contributed by atoms with Crippen molar-refractivity contribution in [1.29, 1.82) is 0 Å². The summed E-state index contributed by atoms with van der Waals surface area (Å²) in [6.45, 7) is 4.70. The molecule has 0 spiro atoms. The number of anilines is 1. The van der Waals surface area contributed by atoms with Crippen LogP contribution in [0.25, 0.3) is 0 Å². The summed E-state index contributed by atoms with van der Waals surface area (Å²) in [5.41, 5.74) is 6.31.